The summed E-state index contributed by atoms with van der Waals surface area (Å²) in [5.41, 5.74) is 3.45. The number of halogens is 1. The topological polar surface area (TPSA) is 86.7 Å². The van der Waals surface area contributed by atoms with Gasteiger partial charge in [-0.3, -0.25) is 14.8 Å². The SMILES string of the molecule is O=C([C@@H]1CCN(S(=O)(=O)c2ccc(-c3ccncc3)cc2)C1)N1CCN(c2ccnc3cc(F)ccc23)CC1. The van der Waals surface area contributed by atoms with Crippen molar-refractivity contribution in [1.29, 1.82) is 0 Å². The van der Waals surface area contributed by atoms with Gasteiger partial charge in [0.2, 0.25) is 15.9 Å². The lowest BCUT2D eigenvalue weighted by molar-refractivity contribution is -0.135. The highest BCUT2D eigenvalue weighted by Gasteiger charge is 2.38. The molecule has 4 aromatic rings. The number of amides is 1. The van der Waals surface area contributed by atoms with Gasteiger partial charge in [-0.15, -0.1) is 0 Å². The minimum atomic E-state index is -3.69. The molecule has 0 N–H and O–H groups in total. The molecule has 6 rings (SSSR count). The van der Waals surface area contributed by atoms with E-state index in [1.165, 1.54) is 16.4 Å². The third-order valence-corrected chi connectivity index (χ3v) is 9.50. The molecule has 0 saturated carbocycles. The Balaban J connectivity index is 1.08. The minimum absolute atomic E-state index is 0.00189. The van der Waals surface area contributed by atoms with E-state index in [0.29, 0.717) is 44.7 Å². The van der Waals surface area contributed by atoms with Crippen molar-refractivity contribution in [3.05, 3.63) is 85.1 Å². The maximum absolute atomic E-state index is 13.6. The molecule has 2 saturated heterocycles. The van der Waals surface area contributed by atoms with E-state index in [0.717, 1.165) is 22.2 Å². The van der Waals surface area contributed by atoms with E-state index in [-0.39, 0.29) is 29.1 Å². The number of benzene rings is 2. The van der Waals surface area contributed by atoms with Gasteiger partial charge in [-0.1, -0.05) is 12.1 Å². The Hall–Kier alpha value is -3.89. The van der Waals surface area contributed by atoms with Gasteiger partial charge in [0.25, 0.3) is 0 Å². The summed E-state index contributed by atoms with van der Waals surface area (Å²) < 4.78 is 41.7. The van der Waals surface area contributed by atoms with Crippen molar-refractivity contribution in [1.82, 2.24) is 19.2 Å². The number of nitrogens with zero attached hydrogens (tertiary/aromatic N) is 5. The Morgan fingerprint density at radius 1 is 0.846 bits per heavy atom. The van der Waals surface area contributed by atoms with E-state index in [1.807, 2.05) is 23.1 Å². The van der Waals surface area contributed by atoms with Crippen molar-refractivity contribution in [2.24, 2.45) is 5.92 Å². The van der Waals surface area contributed by atoms with Crippen LogP contribution in [0.4, 0.5) is 10.1 Å². The molecule has 39 heavy (non-hydrogen) atoms. The first-order valence-corrected chi connectivity index (χ1v) is 14.4. The van der Waals surface area contributed by atoms with Gasteiger partial charge in [0.05, 0.1) is 16.3 Å². The Bertz CT molecular complexity index is 1610. The average molecular weight is 546 g/mol. The Morgan fingerprint density at radius 3 is 2.31 bits per heavy atom. The van der Waals surface area contributed by atoms with Gasteiger partial charge in [0.1, 0.15) is 5.82 Å². The number of hydrogen-bond donors (Lipinski definition) is 0. The first-order chi connectivity index (χ1) is 18.9. The molecule has 2 aromatic carbocycles. The van der Waals surface area contributed by atoms with Gasteiger partial charge in [-0.25, -0.2) is 12.8 Å². The largest absolute Gasteiger partial charge is 0.367 e. The summed E-state index contributed by atoms with van der Waals surface area (Å²) in [5.74, 6) is -0.675. The van der Waals surface area contributed by atoms with Crippen LogP contribution in [0.3, 0.4) is 0 Å². The molecule has 0 radical (unpaired) electrons. The quantitative estimate of drug-likeness (QED) is 0.379. The fourth-order valence-electron chi connectivity index (χ4n) is 5.47. The first kappa shape index (κ1) is 25.4. The maximum Gasteiger partial charge on any atom is 0.243 e. The molecule has 2 aliphatic heterocycles. The monoisotopic (exact) mass is 545 g/mol. The molecule has 0 bridgehead atoms. The summed E-state index contributed by atoms with van der Waals surface area (Å²) in [5, 5.41) is 0.879. The number of hydrogen-bond acceptors (Lipinski definition) is 6. The number of aromatic nitrogens is 2. The van der Waals surface area contributed by atoms with Gasteiger partial charge in [-0.05, 0) is 60.0 Å². The number of anilines is 1. The number of rotatable bonds is 5. The number of piperazine rings is 1. The molecular weight excluding hydrogens is 517 g/mol. The molecule has 10 heteroatoms. The molecule has 2 fully saturated rings. The van der Waals surface area contributed by atoms with Gasteiger partial charge in [-0.2, -0.15) is 4.31 Å². The van der Waals surface area contributed by atoms with Crippen molar-refractivity contribution in [3.8, 4) is 11.1 Å². The summed E-state index contributed by atoms with van der Waals surface area (Å²) in [6.45, 7) is 2.88. The van der Waals surface area contributed by atoms with E-state index < -0.39 is 10.0 Å². The molecular formula is C29H28FN5O3S. The summed E-state index contributed by atoms with van der Waals surface area (Å²) in [6, 6.07) is 17.1. The smallest absolute Gasteiger partial charge is 0.243 e. The molecule has 4 heterocycles. The average Bonchev–Trinajstić information content (AvgIpc) is 3.48. The normalized spacial score (nSPS) is 18.5. The van der Waals surface area contributed by atoms with Crippen LogP contribution in [0.25, 0.3) is 22.0 Å². The van der Waals surface area contributed by atoms with Crippen molar-refractivity contribution in [2.45, 2.75) is 11.3 Å². The zero-order valence-electron chi connectivity index (χ0n) is 21.3. The van der Waals surface area contributed by atoms with Crippen LogP contribution in [0.2, 0.25) is 0 Å². The number of pyridine rings is 2. The van der Waals surface area contributed by atoms with Crippen LogP contribution in [0.5, 0.6) is 0 Å². The van der Waals surface area contributed by atoms with Crippen LogP contribution < -0.4 is 4.90 Å². The summed E-state index contributed by atoms with van der Waals surface area (Å²) >= 11 is 0. The lowest BCUT2D eigenvalue weighted by Crippen LogP contribution is -2.50. The summed E-state index contributed by atoms with van der Waals surface area (Å²) in [6.07, 6.45) is 5.58. The van der Waals surface area contributed by atoms with E-state index in [1.54, 1.807) is 48.9 Å². The van der Waals surface area contributed by atoms with E-state index >= 15 is 0 Å². The second-order valence-corrected chi connectivity index (χ2v) is 11.9. The zero-order valence-corrected chi connectivity index (χ0v) is 22.1. The molecule has 1 amide bonds. The summed E-state index contributed by atoms with van der Waals surface area (Å²) in [4.78, 5) is 25.9. The van der Waals surface area contributed by atoms with Crippen molar-refractivity contribution in [3.63, 3.8) is 0 Å². The second kappa shape index (κ2) is 10.3. The van der Waals surface area contributed by atoms with Crippen molar-refractivity contribution >= 4 is 32.5 Å². The van der Waals surface area contributed by atoms with Gasteiger partial charge in [0, 0.05) is 75.0 Å². The van der Waals surface area contributed by atoms with Crippen molar-refractivity contribution in [2.75, 3.05) is 44.2 Å². The lowest BCUT2D eigenvalue weighted by Gasteiger charge is -2.37. The van der Waals surface area contributed by atoms with Crippen LogP contribution in [0, 0.1) is 11.7 Å². The van der Waals surface area contributed by atoms with Gasteiger partial charge < -0.3 is 9.80 Å². The van der Waals surface area contributed by atoms with Crippen LogP contribution >= 0.6 is 0 Å². The molecule has 0 unspecified atom stereocenters. The number of sulfonamides is 1. The predicted octanol–water partition coefficient (Wildman–Crippen LogP) is 3.80. The molecule has 2 aliphatic rings. The Labute approximate surface area is 226 Å². The van der Waals surface area contributed by atoms with Crippen LogP contribution in [0.1, 0.15) is 6.42 Å². The highest BCUT2D eigenvalue weighted by atomic mass is 32.2. The number of carbonyl (C=O) groups excluding carboxylic acids is 1. The lowest BCUT2D eigenvalue weighted by atomic mass is 10.1. The van der Waals surface area contributed by atoms with E-state index in [9.17, 15) is 17.6 Å². The van der Waals surface area contributed by atoms with Crippen LogP contribution in [-0.4, -0.2) is 72.8 Å². The third-order valence-electron chi connectivity index (χ3n) is 7.62. The van der Waals surface area contributed by atoms with Gasteiger partial charge in [0.15, 0.2) is 0 Å². The van der Waals surface area contributed by atoms with Crippen LogP contribution in [-0.2, 0) is 14.8 Å². The zero-order chi connectivity index (χ0) is 27.0. The third kappa shape index (κ3) is 4.97. The molecule has 0 aliphatic carbocycles. The molecule has 2 aromatic heterocycles. The predicted molar refractivity (Wildman–Crippen MR) is 147 cm³/mol. The highest BCUT2D eigenvalue weighted by molar-refractivity contribution is 7.89. The fourth-order valence-corrected chi connectivity index (χ4v) is 6.97. The fraction of sp³-hybridized carbons (Fsp3) is 0.276. The standard InChI is InChI=1S/C29H28FN5O3S/c30-24-3-6-26-27(19-24)32-13-9-28(26)33-15-17-34(18-16-33)29(36)23-10-14-35(20-23)39(37,38)25-4-1-21(2-5-25)22-7-11-31-12-8-22/h1-9,11-13,19,23H,10,14-18,20H2/t23-/m1/s1. The van der Waals surface area contributed by atoms with E-state index in [4.69, 9.17) is 0 Å². The second-order valence-electron chi connectivity index (χ2n) is 9.91. The van der Waals surface area contributed by atoms with E-state index in [2.05, 4.69) is 14.9 Å². The first-order valence-electron chi connectivity index (χ1n) is 13.0. The molecule has 1 atom stereocenters. The van der Waals surface area contributed by atoms with Gasteiger partial charge >= 0.3 is 0 Å². The molecule has 0 spiro atoms. The minimum Gasteiger partial charge on any atom is -0.367 e. The van der Waals surface area contributed by atoms with Crippen molar-refractivity contribution < 1.29 is 17.6 Å². The Kier molecular flexibility index (Phi) is 6.74. The maximum atomic E-state index is 13.6. The Morgan fingerprint density at radius 2 is 1.56 bits per heavy atom. The van der Waals surface area contributed by atoms with Crippen LogP contribution in [0.15, 0.2) is 84.1 Å². The number of carbonyl (C=O) groups is 1. The highest BCUT2D eigenvalue weighted by Crippen LogP contribution is 2.30. The molecule has 8 nitrogen and oxygen atoms in total. The number of fused-ring (bicyclic) bond motifs is 1. The molecule has 200 valence electrons. The summed E-state index contributed by atoms with van der Waals surface area (Å²) in [7, 11) is -3.69.